The molecule has 7 nitrogen and oxygen atoms in total. The van der Waals surface area contributed by atoms with E-state index in [1.807, 2.05) is 0 Å². The summed E-state index contributed by atoms with van der Waals surface area (Å²) in [5.41, 5.74) is 0.563. The van der Waals surface area contributed by atoms with Crippen LogP contribution in [0.2, 0.25) is 0 Å². The molecule has 2 amide bonds. The second kappa shape index (κ2) is 6.40. The second-order valence-corrected chi connectivity index (χ2v) is 6.63. The van der Waals surface area contributed by atoms with Crippen molar-refractivity contribution in [2.45, 2.75) is 31.1 Å². The quantitative estimate of drug-likeness (QED) is 0.765. The number of anilines is 1. The number of likely N-dealkylation sites (tertiary alicyclic amines) is 1. The molecule has 1 spiro atoms. The van der Waals surface area contributed by atoms with Gasteiger partial charge in [0.2, 0.25) is 5.91 Å². The fourth-order valence-electron chi connectivity index (χ4n) is 3.88. The number of ether oxygens (including phenoxy) is 3. The summed E-state index contributed by atoms with van der Waals surface area (Å²) in [6, 6.07) is 6.63. The highest BCUT2D eigenvalue weighted by Gasteiger charge is 2.47. The number of piperidine rings is 1. The van der Waals surface area contributed by atoms with E-state index in [9.17, 15) is 9.59 Å². The van der Waals surface area contributed by atoms with Crippen molar-refractivity contribution in [3.63, 3.8) is 0 Å². The van der Waals surface area contributed by atoms with Gasteiger partial charge in [0.15, 0.2) is 5.79 Å². The van der Waals surface area contributed by atoms with Crippen molar-refractivity contribution in [2.24, 2.45) is 0 Å². The van der Waals surface area contributed by atoms with Crippen molar-refractivity contribution in [2.75, 3.05) is 38.3 Å². The molecule has 0 unspecified atom stereocenters. The van der Waals surface area contributed by atoms with Gasteiger partial charge in [-0.15, -0.1) is 0 Å². The van der Waals surface area contributed by atoms with Gasteiger partial charge < -0.3 is 14.2 Å². The average Bonchev–Trinajstić information content (AvgIpc) is 3.20. The van der Waals surface area contributed by atoms with Crippen molar-refractivity contribution < 1.29 is 23.8 Å². The Bertz CT molecular complexity index is 676. The Hall–Kier alpha value is -1.96. The standard InChI is InChI=1S/C18H22N2O5/c1-23-14-4-2-3-13(11-14)20-16(21)12-15(17(20)22)19-7-5-18(6-8-19)24-9-10-25-18/h2-4,11,15H,5-10,12H2,1H3/t15-/m0/s1. The lowest BCUT2D eigenvalue weighted by molar-refractivity contribution is -0.188. The summed E-state index contributed by atoms with van der Waals surface area (Å²) in [6.07, 6.45) is 1.67. The third-order valence-electron chi connectivity index (χ3n) is 5.25. The van der Waals surface area contributed by atoms with Crippen LogP contribution < -0.4 is 9.64 Å². The molecule has 0 bridgehead atoms. The van der Waals surface area contributed by atoms with E-state index in [1.54, 1.807) is 31.4 Å². The van der Waals surface area contributed by atoms with Gasteiger partial charge in [-0.05, 0) is 12.1 Å². The van der Waals surface area contributed by atoms with Gasteiger partial charge in [-0.25, -0.2) is 4.90 Å². The highest BCUT2D eigenvalue weighted by molar-refractivity contribution is 6.22. The third kappa shape index (κ3) is 2.92. The Morgan fingerprint density at radius 3 is 2.56 bits per heavy atom. The van der Waals surface area contributed by atoms with Crippen LogP contribution in [-0.4, -0.2) is 62.0 Å². The van der Waals surface area contributed by atoms with Crippen molar-refractivity contribution in [3.05, 3.63) is 24.3 Å². The highest BCUT2D eigenvalue weighted by atomic mass is 16.7. The Morgan fingerprint density at radius 1 is 1.16 bits per heavy atom. The van der Waals surface area contributed by atoms with E-state index in [1.165, 1.54) is 4.90 Å². The molecule has 3 aliphatic rings. The zero-order valence-electron chi connectivity index (χ0n) is 14.3. The number of nitrogens with zero attached hydrogens (tertiary/aromatic N) is 2. The topological polar surface area (TPSA) is 68.3 Å². The minimum atomic E-state index is -0.478. The third-order valence-corrected chi connectivity index (χ3v) is 5.25. The smallest absolute Gasteiger partial charge is 0.251 e. The van der Waals surface area contributed by atoms with E-state index in [2.05, 4.69) is 4.90 Å². The van der Waals surface area contributed by atoms with Crippen LogP contribution in [0.3, 0.4) is 0 Å². The molecule has 0 aromatic heterocycles. The summed E-state index contributed by atoms with van der Waals surface area (Å²) >= 11 is 0. The first-order chi connectivity index (χ1) is 12.1. The fraction of sp³-hybridized carbons (Fsp3) is 0.556. The molecule has 3 fully saturated rings. The molecule has 1 atom stereocenters. The molecule has 4 rings (SSSR count). The largest absolute Gasteiger partial charge is 0.497 e. The van der Waals surface area contributed by atoms with E-state index in [0.29, 0.717) is 37.7 Å². The lowest BCUT2D eigenvalue weighted by Gasteiger charge is -2.39. The minimum absolute atomic E-state index is 0.164. The summed E-state index contributed by atoms with van der Waals surface area (Å²) in [4.78, 5) is 28.7. The molecule has 1 aromatic rings. The molecule has 7 heteroatoms. The molecule has 3 heterocycles. The van der Waals surface area contributed by atoms with Gasteiger partial charge in [0.05, 0.1) is 38.5 Å². The van der Waals surface area contributed by atoms with Gasteiger partial charge in [0.25, 0.3) is 5.91 Å². The number of hydrogen-bond acceptors (Lipinski definition) is 6. The Kier molecular flexibility index (Phi) is 4.23. The first-order valence-electron chi connectivity index (χ1n) is 8.65. The average molecular weight is 346 g/mol. The van der Waals surface area contributed by atoms with Gasteiger partial charge in [-0.3, -0.25) is 14.5 Å². The molecule has 0 saturated carbocycles. The summed E-state index contributed by atoms with van der Waals surface area (Å²) in [5, 5.41) is 0. The summed E-state index contributed by atoms with van der Waals surface area (Å²) in [6.45, 7) is 2.64. The predicted octanol–water partition coefficient (Wildman–Crippen LogP) is 1.17. The zero-order valence-corrected chi connectivity index (χ0v) is 14.3. The van der Waals surface area contributed by atoms with Gasteiger partial charge in [0.1, 0.15) is 5.75 Å². The van der Waals surface area contributed by atoms with Gasteiger partial charge in [-0.2, -0.15) is 0 Å². The Labute approximate surface area is 146 Å². The van der Waals surface area contributed by atoms with Crippen molar-refractivity contribution in [3.8, 4) is 5.75 Å². The van der Waals surface area contributed by atoms with Gasteiger partial charge in [0, 0.05) is 32.0 Å². The van der Waals surface area contributed by atoms with E-state index in [4.69, 9.17) is 14.2 Å². The number of benzene rings is 1. The summed E-state index contributed by atoms with van der Waals surface area (Å²) < 4.78 is 16.7. The number of rotatable bonds is 3. The van der Waals surface area contributed by atoms with Crippen LogP contribution in [0.1, 0.15) is 19.3 Å². The molecule has 134 valence electrons. The molecule has 0 aliphatic carbocycles. The molecular weight excluding hydrogens is 324 g/mol. The number of hydrogen-bond donors (Lipinski definition) is 0. The molecular formula is C18H22N2O5. The second-order valence-electron chi connectivity index (χ2n) is 6.63. The van der Waals surface area contributed by atoms with Gasteiger partial charge >= 0.3 is 0 Å². The lowest BCUT2D eigenvalue weighted by atomic mass is 10.0. The number of carbonyl (C=O) groups is 2. The zero-order chi connectivity index (χ0) is 17.4. The maximum Gasteiger partial charge on any atom is 0.251 e. The number of methoxy groups -OCH3 is 1. The van der Waals surface area contributed by atoms with Crippen LogP contribution in [0.25, 0.3) is 0 Å². The lowest BCUT2D eigenvalue weighted by Crippen LogP contribution is -2.51. The molecule has 25 heavy (non-hydrogen) atoms. The number of carbonyl (C=O) groups excluding carboxylic acids is 2. The van der Waals surface area contributed by atoms with Crippen LogP contribution in [0.4, 0.5) is 5.69 Å². The van der Waals surface area contributed by atoms with E-state index < -0.39 is 11.8 Å². The Morgan fingerprint density at radius 2 is 1.88 bits per heavy atom. The first-order valence-corrected chi connectivity index (χ1v) is 8.65. The maximum absolute atomic E-state index is 12.9. The summed E-state index contributed by atoms with van der Waals surface area (Å²) in [5.74, 6) is -0.189. The van der Waals surface area contributed by atoms with Crippen molar-refractivity contribution in [1.82, 2.24) is 4.90 Å². The van der Waals surface area contributed by atoms with E-state index >= 15 is 0 Å². The monoisotopic (exact) mass is 346 g/mol. The summed E-state index contributed by atoms with van der Waals surface area (Å²) in [7, 11) is 1.56. The minimum Gasteiger partial charge on any atom is -0.497 e. The number of amides is 2. The molecule has 1 aromatic carbocycles. The molecule has 3 saturated heterocycles. The highest BCUT2D eigenvalue weighted by Crippen LogP contribution is 2.34. The van der Waals surface area contributed by atoms with Crippen molar-refractivity contribution >= 4 is 17.5 Å². The van der Waals surface area contributed by atoms with E-state index in [0.717, 1.165) is 12.8 Å². The van der Waals surface area contributed by atoms with Crippen LogP contribution in [0, 0.1) is 0 Å². The van der Waals surface area contributed by atoms with Crippen LogP contribution in [0.15, 0.2) is 24.3 Å². The molecule has 0 N–H and O–H groups in total. The SMILES string of the molecule is COc1cccc(N2C(=O)C[C@H](N3CCC4(CC3)OCCO4)C2=O)c1. The fourth-order valence-corrected chi connectivity index (χ4v) is 3.88. The maximum atomic E-state index is 12.9. The molecule has 3 aliphatic heterocycles. The molecule has 0 radical (unpaired) electrons. The Balaban J connectivity index is 1.48. The normalized spacial score (nSPS) is 26.6. The van der Waals surface area contributed by atoms with Gasteiger partial charge in [-0.1, -0.05) is 6.07 Å². The number of imide groups is 1. The van der Waals surface area contributed by atoms with E-state index in [-0.39, 0.29) is 18.2 Å². The van der Waals surface area contributed by atoms with Crippen LogP contribution in [0.5, 0.6) is 5.75 Å². The van der Waals surface area contributed by atoms with Crippen LogP contribution >= 0.6 is 0 Å². The van der Waals surface area contributed by atoms with Crippen molar-refractivity contribution in [1.29, 1.82) is 0 Å². The van der Waals surface area contributed by atoms with Crippen LogP contribution in [-0.2, 0) is 19.1 Å². The predicted molar refractivity (Wildman–Crippen MR) is 89.3 cm³/mol. The first kappa shape index (κ1) is 16.5.